The topological polar surface area (TPSA) is 26.3 Å². The van der Waals surface area contributed by atoms with E-state index in [-0.39, 0.29) is 10.9 Å². The van der Waals surface area contributed by atoms with Crippen molar-refractivity contribution in [3.63, 3.8) is 0 Å². The molecular weight excluding hydrogens is 324 g/mol. The summed E-state index contributed by atoms with van der Waals surface area (Å²) in [6, 6.07) is 13.2. The number of carbonyl (C=O) groups excluding carboxylic acids is 1. The van der Waals surface area contributed by atoms with Crippen molar-refractivity contribution in [2.75, 3.05) is 6.61 Å². The SMILES string of the molecule is CCCOc1ccc(P(C(=O)c2ccccc2)C(F)(F)F)cc1. The Labute approximate surface area is 134 Å². The molecule has 0 saturated carbocycles. The lowest BCUT2D eigenvalue weighted by Crippen LogP contribution is -2.21. The third-order valence-electron chi connectivity index (χ3n) is 3.05. The van der Waals surface area contributed by atoms with E-state index < -0.39 is 19.4 Å². The number of hydrogen-bond donors (Lipinski definition) is 0. The normalized spacial score (nSPS) is 12.7. The molecule has 2 rings (SSSR count). The number of hydrogen-bond acceptors (Lipinski definition) is 2. The lowest BCUT2D eigenvalue weighted by molar-refractivity contribution is -0.0384. The van der Waals surface area contributed by atoms with Gasteiger partial charge in [0.15, 0.2) is 5.52 Å². The summed E-state index contributed by atoms with van der Waals surface area (Å²) in [7, 11) is -2.95. The summed E-state index contributed by atoms with van der Waals surface area (Å²) in [5.41, 5.74) is -0.822. The molecule has 2 aromatic carbocycles. The molecule has 23 heavy (non-hydrogen) atoms. The fourth-order valence-corrected chi connectivity index (χ4v) is 3.61. The van der Waals surface area contributed by atoms with Crippen LogP contribution in [-0.4, -0.2) is 18.0 Å². The summed E-state index contributed by atoms with van der Waals surface area (Å²) >= 11 is 0. The van der Waals surface area contributed by atoms with Crippen LogP contribution in [0.2, 0.25) is 0 Å². The maximum Gasteiger partial charge on any atom is 0.416 e. The second kappa shape index (κ2) is 7.60. The van der Waals surface area contributed by atoms with Crippen molar-refractivity contribution in [1.29, 1.82) is 0 Å². The minimum atomic E-state index is -4.59. The van der Waals surface area contributed by atoms with Gasteiger partial charge in [-0.15, -0.1) is 0 Å². The summed E-state index contributed by atoms with van der Waals surface area (Å²) in [5.74, 6) is -4.09. The Morgan fingerprint density at radius 1 is 1.04 bits per heavy atom. The van der Waals surface area contributed by atoms with Crippen LogP contribution in [0.1, 0.15) is 23.7 Å². The average Bonchev–Trinajstić information content (AvgIpc) is 2.54. The first-order valence-corrected chi connectivity index (χ1v) is 8.47. The number of benzene rings is 2. The molecule has 0 bridgehead atoms. The van der Waals surface area contributed by atoms with Crippen molar-refractivity contribution in [1.82, 2.24) is 0 Å². The van der Waals surface area contributed by atoms with E-state index in [0.29, 0.717) is 12.4 Å². The molecule has 0 spiro atoms. The zero-order valence-electron chi connectivity index (χ0n) is 12.5. The molecule has 2 nitrogen and oxygen atoms in total. The summed E-state index contributed by atoms with van der Waals surface area (Å²) < 4.78 is 45.6. The van der Waals surface area contributed by atoms with Gasteiger partial charge < -0.3 is 4.74 Å². The van der Waals surface area contributed by atoms with E-state index >= 15 is 0 Å². The van der Waals surface area contributed by atoms with Crippen LogP contribution in [0, 0.1) is 0 Å². The van der Waals surface area contributed by atoms with Crippen LogP contribution >= 0.6 is 7.92 Å². The zero-order valence-corrected chi connectivity index (χ0v) is 13.4. The fourth-order valence-electron chi connectivity index (χ4n) is 2.00. The molecule has 122 valence electrons. The van der Waals surface area contributed by atoms with Gasteiger partial charge in [0.2, 0.25) is 0 Å². The molecule has 0 N–H and O–H groups in total. The van der Waals surface area contributed by atoms with E-state index in [2.05, 4.69) is 0 Å². The summed E-state index contributed by atoms with van der Waals surface area (Å²) in [5, 5.41) is -0.0230. The Bertz CT molecular complexity index is 639. The van der Waals surface area contributed by atoms with Gasteiger partial charge in [-0.05, 0) is 23.9 Å². The summed E-state index contributed by atoms with van der Waals surface area (Å²) in [6.45, 7) is 2.44. The fraction of sp³-hybridized carbons (Fsp3) is 0.235. The summed E-state index contributed by atoms with van der Waals surface area (Å²) in [6.07, 6.45) is 0.809. The van der Waals surface area contributed by atoms with Crippen molar-refractivity contribution >= 4 is 18.8 Å². The molecule has 0 saturated heterocycles. The molecule has 0 aliphatic rings. The number of ether oxygens (including phenoxy) is 1. The maximum atomic E-state index is 13.4. The van der Waals surface area contributed by atoms with E-state index in [0.717, 1.165) is 6.42 Å². The van der Waals surface area contributed by atoms with Crippen molar-refractivity contribution in [3.8, 4) is 5.75 Å². The van der Waals surface area contributed by atoms with E-state index in [1.807, 2.05) is 6.92 Å². The van der Waals surface area contributed by atoms with Crippen molar-refractivity contribution in [3.05, 3.63) is 60.2 Å². The number of rotatable bonds is 6. The molecule has 0 radical (unpaired) electrons. The van der Waals surface area contributed by atoms with Crippen LogP contribution in [0.15, 0.2) is 54.6 Å². The molecule has 0 amide bonds. The molecule has 2 aromatic rings. The Hall–Kier alpha value is -1.87. The molecule has 1 atom stereocenters. The van der Waals surface area contributed by atoms with Crippen LogP contribution in [0.4, 0.5) is 13.2 Å². The maximum absolute atomic E-state index is 13.4. The number of alkyl halides is 3. The highest BCUT2D eigenvalue weighted by atomic mass is 31.1. The van der Waals surface area contributed by atoms with Gasteiger partial charge in [-0.3, -0.25) is 4.79 Å². The largest absolute Gasteiger partial charge is 0.494 e. The van der Waals surface area contributed by atoms with Crippen molar-refractivity contribution in [2.45, 2.75) is 19.3 Å². The standard InChI is InChI=1S/C17H16F3O2P/c1-2-12-22-14-8-10-15(11-9-14)23(17(18,19)20)16(21)13-6-4-3-5-7-13/h3-11H,2,12H2,1H3. The Morgan fingerprint density at radius 2 is 1.65 bits per heavy atom. The predicted octanol–water partition coefficient (Wildman–Crippen LogP) is 4.94. The average molecular weight is 340 g/mol. The highest BCUT2D eigenvalue weighted by molar-refractivity contribution is 7.82. The van der Waals surface area contributed by atoms with E-state index in [9.17, 15) is 18.0 Å². The predicted molar refractivity (Wildman–Crippen MR) is 85.6 cm³/mol. The van der Waals surface area contributed by atoms with Gasteiger partial charge in [-0.1, -0.05) is 49.4 Å². The van der Waals surface area contributed by atoms with Gasteiger partial charge in [0.25, 0.3) is 0 Å². The quantitative estimate of drug-likeness (QED) is 0.696. The van der Waals surface area contributed by atoms with Gasteiger partial charge in [-0.2, -0.15) is 13.2 Å². The summed E-state index contributed by atoms with van der Waals surface area (Å²) in [4.78, 5) is 12.3. The first kappa shape index (κ1) is 17.5. The van der Waals surface area contributed by atoms with E-state index in [1.165, 1.54) is 36.4 Å². The Balaban J connectivity index is 2.31. The van der Waals surface area contributed by atoms with E-state index in [1.54, 1.807) is 18.2 Å². The van der Waals surface area contributed by atoms with Crippen LogP contribution in [0.25, 0.3) is 0 Å². The second-order valence-electron chi connectivity index (χ2n) is 4.82. The molecule has 0 aromatic heterocycles. The molecule has 6 heteroatoms. The monoisotopic (exact) mass is 340 g/mol. The van der Waals surface area contributed by atoms with Crippen LogP contribution < -0.4 is 10.0 Å². The molecule has 0 aliphatic heterocycles. The van der Waals surface area contributed by atoms with Gasteiger partial charge in [0.1, 0.15) is 13.7 Å². The third kappa shape index (κ3) is 4.55. The van der Waals surface area contributed by atoms with Crippen molar-refractivity contribution in [2.24, 2.45) is 0 Å². The number of halogens is 3. The number of carbonyl (C=O) groups is 1. The zero-order chi connectivity index (χ0) is 16.9. The van der Waals surface area contributed by atoms with Crippen LogP contribution in [-0.2, 0) is 0 Å². The highest BCUT2D eigenvalue weighted by Crippen LogP contribution is 2.54. The van der Waals surface area contributed by atoms with E-state index in [4.69, 9.17) is 4.74 Å². The highest BCUT2D eigenvalue weighted by Gasteiger charge is 2.46. The smallest absolute Gasteiger partial charge is 0.416 e. The van der Waals surface area contributed by atoms with Crippen LogP contribution in [0.3, 0.4) is 0 Å². The van der Waals surface area contributed by atoms with Gasteiger partial charge in [0.05, 0.1) is 6.61 Å². The third-order valence-corrected chi connectivity index (χ3v) is 5.03. The minimum absolute atomic E-state index is 0.0230. The van der Waals surface area contributed by atoms with Gasteiger partial charge in [-0.25, -0.2) is 0 Å². The molecule has 0 heterocycles. The van der Waals surface area contributed by atoms with Gasteiger partial charge >= 0.3 is 5.92 Å². The lowest BCUT2D eigenvalue weighted by Gasteiger charge is -2.20. The van der Waals surface area contributed by atoms with Gasteiger partial charge in [0, 0.05) is 5.56 Å². The molecule has 1 unspecified atom stereocenters. The van der Waals surface area contributed by atoms with Crippen molar-refractivity contribution < 1.29 is 22.7 Å². The molecular formula is C17H16F3O2P. The van der Waals surface area contributed by atoms with Crippen LogP contribution in [0.5, 0.6) is 5.75 Å². The second-order valence-corrected chi connectivity index (χ2v) is 6.92. The molecule has 0 fully saturated rings. The minimum Gasteiger partial charge on any atom is -0.494 e. The Morgan fingerprint density at radius 3 is 2.17 bits per heavy atom. The molecule has 0 aliphatic carbocycles. The Kier molecular flexibility index (Phi) is 5.78. The first-order chi connectivity index (χ1) is 10.9. The first-order valence-electron chi connectivity index (χ1n) is 7.12. The lowest BCUT2D eigenvalue weighted by atomic mass is 10.2.